The maximum absolute atomic E-state index is 12.9. The van der Waals surface area contributed by atoms with Gasteiger partial charge < -0.3 is 33.9 Å². The van der Waals surface area contributed by atoms with E-state index in [0.29, 0.717) is 46.0 Å². The number of aryl methyl sites for hydroxylation is 1. The predicted molar refractivity (Wildman–Crippen MR) is 153 cm³/mol. The average molecular weight is 539 g/mol. The Morgan fingerprint density at radius 3 is 2.26 bits per heavy atom. The van der Waals surface area contributed by atoms with E-state index in [1.807, 2.05) is 0 Å². The predicted octanol–water partition coefficient (Wildman–Crippen LogP) is 5.66. The number of ether oxygens (including phenoxy) is 4. The maximum Gasteiger partial charge on any atom is 0.297 e. The lowest BCUT2D eigenvalue weighted by atomic mass is 10.1. The molecular weight excluding hydrogens is 500 g/mol. The van der Waals surface area contributed by atoms with Gasteiger partial charge in [0.25, 0.3) is 5.56 Å². The number of aromatic hydroxyl groups is 1. The summed E-state index contributed by atoms with van der Waals surface area (Å²) in [5.74, 6) is 0.784. The Balaban J connectivity index is 1.73. The van der Waals surface area contributed by atoms with Crippen LogP contribution >= 0.6 is 0 Å². The summed E-state index contributed by atoms with van der Waals surface area (Å²) in [5.41, 5.74) is 1.18. The lowest BCUT2D eigenvalue weighted by Gasteiger charge is -2.14. The third-order valence-electron chi connectivity index (χ3n) is 6.45. The Hall–Kier alpha value is -4.14. The first-order valence-electron chi connectivity index (χ1n) is 13.1. The summed E-state index contributed by atoms with van der Waals surface area (Å²) in [4.78, 5) is 25.5. The fourth-order valence-electron chi connectivity index (χ4n) is 4.31. The molecular formula is C30H38N2O7. The fourth-order valence-corrected chi connectivity index (χ4v) is 4.31. The molecule has 0 atom stereocenters. The second-order valence-corrected chi connectivity index (χ2v) is 9.17. The summed E-state index contributed by atoms with van der Waals surface area (Å²) in [5, 5.41) is 14.0. The molecule has 1 heterocycles. The summed E-state index contributed by atoms with van der Waals surface area (Å²) in [6.45, 7) is 2.54. The molecule has 0 saturated carbocycles. The highest BCUT2D eigenvalue weighted by molar-refractivity contribution is 6.03. The van der Waals surface area contributed by atoms with E-state index in [1.54, 1.807) is 43.5 Å². The minimum atomic E-state index is -0.434. The second kappa shape index (κ2) is 14.1. The third kappa shape index (κ3) is 7.25. The van der Waals surface area contributed by atoms with E-state index < -0.39 is 5.56 Å². The van der Waals surface area contributed by atoms with E-state index in [9.17, 15) is 14.7 Å². The van der Waals surface area contributed by atoms with Crippen LogP contribution in [0, 0.1) is 0 Å². The number of rotatable bonds is 14. The van der Waals surface area contributed by atoms with Gasteiger partial charge >= 0.3 is 0 Å². The van der Waals surface area contributed by atoms with Crippen molar-refractivity contribution < 1.29 is 28.8 Å². The number of unbranched alkanes of at least 4 members (excludes halogenated alkanes) is 5. The number of pyridine rings is 1. The zero-order chi connectivity index (χ0) is 28.4. The zero-order valence-electron chi connectivity index (χ0n) is 23.3. The SMILES string of the molecule is CCCCCCCCOc1c(O)c2ccc(NC(=O)C=Cc3cc(OC)c(OC)c(OC)c3)cc2n(C)c1=O. The number of carbonyl (C=O) groups is 1. The van der Waals surface area contributed by atoms with Gasteiger partial charge in [-0.15, -0.1) is 0 Å². The first-order chi connectivity index (χ1) is 18.8. The van der Waals surface area contributed by atoms with Crippen molar-refractivity contribution in [1.29, 1.82) is 0 Å². The molecule has 0 aliphatic rings. The Labute approximate surface area is 229 Å². The topological polar surface area (TPSA) is 108 Å². The number of carbonyl (C=O) groups excluding carboxylic acids is 1. The Morgan fingerprint density at radius 2 is 1.62 bits per heavy atom. The van der Waals surface area contributed by atoms with Gasteiger partial charge in [-0.1, -0.05) is 39.0 Å². The maximum atomic E-state index is 12.9. The van der Waals surface area contributed by atoms with Crippen molar-refractivity contribution in [1.82, 2.24) is 4.57 Å². The van der Waals surface area contributed by atoms with Crippen LogP contribution in [-0.2, 0) is 11.8 Å². The number of fused-ring (bicyclic) bond motifs is 1. The van der Waals surface area contributed by atoms with Crippen molar-refractivity contribution in [2.75, 3.05) is 33.3 Å². The number of methoxy groups -OCH3 is 3. The number of benzene rings is 2. The number of anilines is 1. The average Bonchev–Trinajstić information content (AvgIpc) is 2.95. The largest absolute Gasteiger partial charge is 0.504 e. The van der Waals surface area contributed by atoms with Gasteiger partial charge in [0, 0.05) is 24.2 Å². The zero-order valence-corrected chi connectivity index (χ0v) is 23.3. The minimum Gasteiger partial charge on any atom is -0.504 e. The van der Waals surface area contributed by atoms with Gasteiger partial charge in [0.15, 0.2) is 17.2 Å². The summed E-state index contributed by atoms with van der Waals surface area (Å²) in [6.07, 6.45) is 9.57. The number of aromatic nitrogens is 1. The highest BCUT2D eigenvalue weighted by Gasteiger charge is 2.17. The van der Waals surface area contributed by atoms with E-state index >= 15 is 0 Å². The molecule has 0 radical (unpaired) electrons. The number of nitrogens with zero attached hydrogens (tertiary/aromatic N) is 1. The Morgan fingerprint density at radius 1 is 0.949 bits per heavy atom. The normalized spacial score (nSPS) is 11.1. The number of nitrogens with one attached hydrogen (secondary N) is 1. The molecule has 0 unspecified atom stereocenters. The van der Waals surface area contributed by atoms with Gasteiger partial charge in [0.05, 0.1) is 33.5 Å². The summed E-state index contributed by atoms with van der Waals surface area (Å²) < 4.78 is 23.1. The Kier molecular flexibility index (Phi) is 10.7. The molecule has 0 fully saturated rings. The molecule has 3 aromatic rings. The first-order valence-corrected chi connectivity index (χ1v) is 13.1. The van der Waals surface area contributed by atoms with E-state index in [1.165, 1.54) is 51.2 Å². The van der Waals surface area contributed by atoms with Crippen LogP contribution in [0.1, 0.15) is 51.0 Å². The van der Waals surface area contributed by atoms with Crippen LogP contribution in [0.5, 0.6) is 28.7 Å². The first kappa shape index (κ1) is 29.4. The molecule has 3 rings (SSSR count). The van der Waals surface area contributed by atoms with Gasteiger partial charge in [-0.3, -0.25) is 9.59 Å². The van der Waals surface area contributed by atoms with E-state index in [-0.39, 0.29) is 17.4 Å². The molecule has 0 aliphatic heterocycles. The van der Waals surface area contributed by atoms with Crippen molar-refractivity contribution in [3.8, 4) is 28.7 Å². The van der Waals surface area contributed by atoms with Crippen LogP contribution in [0.15, 0.2) is 41.2 Å². The van der Waals surface area contributed by atoms with Crippen LogP contribution in [0.25, 0.3) is 17.0 Å². The lowest BCUT2D eigenvalue weighted by molar-refractivity contribution is -0.111. The molecule has 1 aromatic heterocycles. The molecule has 39 heavy (non-hydrogen) atoms. The molecule has 2 aromatic carbocycles. The summed E-state index contributed by atoms with van der Waals surface area (Å²) >= 11 is 0. The van der Waals surface area contributed by atoms with Crippen molar-refractivity contribution in [3.63, 3.8) is 0 Å². The molecule has 2 N–H and O–H groups in total. The number of hydrogen-bond acceptors (Lipinski definition) is 7. The summed E-state index contributed by atoms with van der Waals surface area (Å²) in [6, 6.07) is 8.41. The monoisotopic (exact) mass is 538 g/mol. The van der Waals surface area contributed by atoms with Crippen molar-refractivity contribution in [3.05, 3.63) is 52.3 Å². The highest BCUT2D eigenvalue weighted by Crippen LogP contribution is 2.38. The van der Waals surface area contributed by atoms with Crippen molar-refractivity contribution in [2.24, 2.45) is 7.05 Å². The van der Waals surface area contributed by atoms with Gasteiger partial charge in [-0.2, -0.15) is 0 Å². The van der Waals surface area contributed by atoms with Crippen LogP contribution in [0.4, 0.5) is 5.69 Å². The molecule has 0 aliphatic carbocycles. The van der Waals surface area contributed by atoms with Crippen molar-refractivity contribution in [2.45, 2.75) is 45.4 Å². The van der Waals surface area contributed by atoms with Gasteiger partial charge in [-0.25, -0.2) is 0 Å². The second-order valence-electron chi connectivity index (χ2n) is 9.17. The van der Waals surface area contributed by atoms with E-state index in [2.05, 4.69) is 12.2 Å². The van der Waals surface area contributed by atoms with Gasteiger partial charge in [0.1, 0.15) is 0 Å². The third-order valence-corrected chi connectivity index (χ3v) is 6.45. The lowest BCUT2D eigenvalue weighted by Crippen LogP contribution is -2.20. The van der Waals surface area contributed by atoms with Crippen LogP contribution in [0.3, 0.4) is 0 Å². The fraction of sp³-hybridized carbons (Fsp3) is 0.400. The standard InChI is InChI=1S/C30H38N2O7/c1-6-7-8-9-10-11-16-39-29-27(34)22-14-13-21(19-23(22)32(2)30(29)35)31-26(33)15-12-20-17-24(36-3)28(38-5)25(18-20)37-4/h12-15,17-19,34H,6-11,16H2,1-5H3,(H,31,33). The highest BCUT2D eigenvalue weighted by atomic mass is 16.5. The summed E-state index contributed by atoms with van der Waals surface area (Å²) in [7, 11) is 6.17. The minimum absolute atomic E-state index is 0.0522. The molecule has 1 amide bonds. The molecule has 0 spiro atoms. The van der Waals surface area contributed by atoms with Gasteiger partial charge in [0.2, 0.25) is 17.4 Å². The molecule has 9 heteroatoms. The van der Waals surface area contributed by atoms with Crippen molar-refractivity contribution >= 4 is 28.6 Å². The molecule has 210 valence electrons. The van der Waals surface area contributed by atoms with Crippen LogP contribution < -0.4 is 29.8 Å². The molecule has 0 saturated heterocycles. The smallest absolute Gasteiger partial charge is 0.297 e. The van der Waals surface area contributed by atoms with Crippen LogP contribution in [0.2, 0.25) is 0 Å². The van der Waals surface area contributed by atoms with E-state index in [4.69, 9.17) is 18.9 Å². The van der Waals surface area contributed by atoms with E-state index in [0.717, 1.165) is 19.3 Å². The Bertz CT molecular complexity index is 1350. The quantitative estimate of drug-likeness (QED) is 0.201. The molecule has 9 nitrogen and oxygen atoms in total. The number of amides is 1. The van der Waals surface area contributed by atoms with Gasteiger partial charge in [-0.05, 0) is 48.4 Å². The van der Waals surface area contributed by atoms with Crippen LogP contribution in [-0.4, -0.2) is 43.5 Å². The number of hydrogen-bond donors (Lipinski definition) is 2. The molecule has 0 bridgehead atoms.